The number of carbonyl (C=O) groups excluding carboxylic acids is 3. The molecular formula is C22H24N2O6. The molecule has 1 aliphatic heterocycles. The first-order valence-electron chi connectivity index (χ1n) is 9.61. The van der Waals surface area contributed by atoms with Gasteiger partial charge in [0.15, 0.2) is 12.7 Å². The van der Waals surface area contributed by atoms with Gasteiger partial charge in [-0.3, -0.25) is 14.4 Å². The number of ether oxygens (including phenoxy) is 3. The molecule has 3 rings (SSSR count). The highest BCUT2D eigenvalue weighted by molar-refractivity contribution is 5.98. The summed E-state index contributed by atoms with van der Waals surface area (Å²) in [6.45, 7) is 1.83. The van der Waals surface area contributed by atoms with E-state index < -0.39 is 18.0 Å². The molecule has 0 aromatic heterocycles. The summed E-state index contributed by atoms with van der Waals surface area (Å²) in [5.41, 5.74) is 1.43. The number of nitrogens with one attached hydrogen (secondary N) is 1. The predicted octanol–water partition coefficient (Wildman–Crippen LogP) is 2.06. The number of benzene rings is 2. The molecule has 30 heavy (non-hydrogen) atoms. The van der Waals surface area contributed by atoms with Gasteiger partial charge >= 0.3 is 5.97 Å². The van der Waals surface area contributed by atoms with E-state index in [1.165, 1.54) is 11.8 Å². The zero-order valence-electron chi connectivity index (χ0n) is 16.9. The van der Waals surface area contributed by atoms with E-state index in [0.717, 1.165) is 5.56 Å². The maximum atomic E-state index is 12.3. The molecule has 8 heteroatoms. The number of rotatable bonds is 8. The van der Waals surface area contributed by atoms with E-state index in [-0.39, 0.29) is 32.0 Å². The molecule has 0 spiro atoms. The van der Waals surface area contributed by atoms with Gasteiger partial charge in [0.25, 0.3) is 11.8 Å². The van der Waals surface area contributed by atoms with Gasteiger partial charge in [-0.15, -0.1) is 0 Å². The Kier molecular flexibility index (Phi) is 6.90. The number of amides is 2. The monoisotopic (exact) mass is 412 g/mol. The number of carbonyl (C=O) groups is 3. The number of hydrogen-bond donors (Lipinski definition) is 1. The van der Waals surface area contributed by atoms with Crippen molar-refractivity contribution in [3.8, 4) is 11.5 Å². The normalized spacial score (nSPS) is 13.7. The largest absolute Gasteiger partial charge is 0.496 e. The second-order valence-corrected chi connectivity index (χ2v) is 6.71. The van der Waals surface area contributed by atoms with Crippen LogP contribution in [0.1, 0.15) is 18.9 Å². The van der Waals surface area contributed by atoms with Crippen molar-refractivity contribution < 1.29 is 28.6 Å². The van der Waals surface area contributed by atoms with Crippen LogP contribution in [0, 0.1) is 0 Å². The number of hydrogen-bond acceptors (Lipinski definition) is 6. The zero-order valence-corrected chi connectivity index (χ0v) is 16.9. The van der Waals surface area contributed by atoms with Crippen molar-refractivity contribution in [1.82, 2.24) is 5.32 Å². The van der Waals surface area contributed by atoms with Gasteiger partial charge in [-0.25, -0.2) is 0 Å². The minimum Gasteiger partial charge on any atom is -0.496 e. The Bertz CT molecular complexity index is 929. The maximum absolute atomic E-state index is 12.3. The third-order valence-electron chi connectivity index (χ3n) is 4.67. The molecule has 158 valence electrons. The third-order valence-corrected chi connectivity index (χ3v) is 4.67. The average molecular weight is 412 g/mol. The van der Waals surface area contributed by atoms with Crippen molar-refractivity contribution in [2.45, 2.75) is 26.0 Å². The zero-order chi connectivity index (χ0) is 21.5. The molecular weight excluding hydrogens is 388 g/mol. The van der Waals surface area contributed by atoms with Crippen molar-refractivity contribution in [3.63, 3.8) is 0 Å². The first-order valence-corrected chi connectivity index (χ1v) is 9.61. The van der Waals surface area contributed by atoms with Crippen LogP contribution in [0.25, 0.3) is 0 Å². The summed E-state index contributed by atoms with van der Waals surface area (Å²) in [6, 6.07) is 14.5. The second kappa shape index (κ2) is 9.78. The SMILES string of the molecule is COc1ccccc1CNC(=O)[C@H](C)OC(=O)CCN1C(=O)COc2ccccc21. The molecule has 0 saturated carbocycles. The van der Waals surface area contributed by atoms with E-state index in [0.29, 0.717) is 17.2 Å². The Morgan fingerprint density at radius 1 is 1.17 bits per heavy atom. The Labute approximate surface area is 174 Å². The summed E-state index contributed by atoms with van der Waals surface area (Å²) in [6.07, 6.45) is -0.996. The standard InChI is InChI=1S/C22H24N2O6/c1-15(22(27)23-13-16-7-3-5-9-18(16)28-2)30-21(26)11-12-24-17-8-4-6-10-19(17)29-14-20(24)25/h3-10,15H,11-14H2,1-2H3,(H,23,27)/t15-/m0/s1. The summed E-state index contributed by atoms with van der Waals surface area (Å²) < 4.78 is 15.8. The van der Waals surface area contributed by atoms with Gasteiger partial charge in [-0.1, -0.05) is 30.3 Å². The summed E-state index contributed by atoms with van der Waals surface area (Å²) in [7, 11) is 1.56. The highest BCUT2D eigenvalue weighted by Gasteiger charge is 2.26. The maximum Gasteiger partial charge on any atom is 0.308 e. The van der Waals surface area contributed by atoms with Crippen LogP contribution in [0.15, 0.2) is 48.5 Å². The van der Waals surface area contributed by atoms with Gasteiger partial charge in [0, 0.05) is 18.7 Å². The summed E-state index contributed by atoms with van der Waals surface area (Å²) in [4.78, 5) is 38.1. The number of nitrogens with zero attached hydrogens (tertiary/aromatic N) is 1. The summed E-state index contributed by atoms with van der Waals surface area (Å²) >= 11 is 0. The van der Waals surface area contributed by atoms with Crippen LogP contribution in [-0.4, -0.2) is 44.1 Å². The minimum absolute atomic E-state index is 0.0375. The van der Waals surface area contributed by atoms with Crippen LogP contribution in [0.2, 0.25) is 0 Å². The molecule has 0 fully saturated rings. The van der Waals surface area contributed by atoms with Crippen molar-refractivity contribution >= 4 is 23.5 Å². The third kappa shape index (κ3) is 5.08. The molecule has 0 unspecified atom stereocenters. The highest BCUT2D eigenvalue weighted by atomic mass is 16.5. The molecule has 2 amide bonds. The first-order chi connectivity index (χ1) is 14.5. The van der Waals surface area contributed by atoms with Gasteiger partial charge in [-0.2, -0.15) is 0 Å². The molecule has 1 aliphatic rings. The lowest BCUT2D eigenvalue weighted by atomic mass is 10.2. The number of anilines is 1. The molecule has 2 aromatic rings. The Morgan fingerprint density at radius 3 is 2.70 bits per heavy atom. The van der Waals surface area contributed by atoms with Crippen molar-refractivity contribution in [3.05, 3.63) is 54.1 Å². The fourth-order valence-electron chi connectivity index (χ4n) is 3.09. The topological polar surface area (TPSA) is 94.2 Å². The molecule has 1 N–H and O–H groups in total. The quantitative estimate of drug-likeness (QED) is 0.667. The lowest BCUT2D eigenvalue weighted by Gasteiger charge is -2.29. The number of fused-ring (bicyclic) bond motifs is 1. The molecule has 2 aromatic carbocycles. The molecule has 8 nitrogen and oxygen atoms in total. The Balaban J connectivity index is 1.49. The number of methoxy groups -OCH3 is 1. The lowest BCUT2D eigenvalue weighted by Crippen LogP contribution is -2.41. The van der Waals surface area contributed by atoms with Crippen LogP contribution in [0.3, 0.4) is 0 Å². The van der Waals surface area contributed by atoms with Crippen molar-refractivity contribution in [2.75, 3.05) is 25.2 Å². The summed E-state index contributed by atoms with van der Waals surface area (Å²) in [5, 5.41) is 2.73. The van der Waals surface area contributed by atoms with E-state index >= 15 is 0 Å². The summed E-state index contributed by atoms with van der Waals surface area (Å²) in [5.74, 6) is 0.0466. The van der Waals surface area contributed by atoms with E-state index in [4.69, 9.17) is 14.2 Å². The van der Waals surface area contributed by atoms with E-state index in [9.17, 15) is 14.4 Å². The van der Waals surface area contributed by atoms with Gasteiger partial charge in [0.2, 0.25) is 0 Å². The molecule has 0 bridgehead atoms. The lowest BCUT2D eigenvalue weighted by molar-refractivity contribution is -0.154. The van der Waals surface area contributed by atoms with E-state index in [2.05, 4.69) is 5.32 Å². The molecule has 1 heterocycles. The van der Waals surface area contributed by atoms with Crippen molar-refractivity contribution in [1.29, 1.82) is 0 Å². The van der Waals surface area contributed by atoms with E-state index in [1.54, 1.807) is 31.4 Å². The Hall–Kier alpha value is -3.55. The van der Waals surface area contributed by atoms with Crippen LogP contribution >= 0.6 is 0 Å². The average Bonchev–Trinajstić information content (AvgIpc) is 2.76. The molecule has 0 radical (unpaired) electrons. The molecule has 0 saturated heterocycles. The highest BCUT2D eigenvalue weighted by Crippen LogP contribution is 2.31. The second-order valence-electron chi connectivity index (χ2n) is 6.71. The smallest absolute Gasteiger partial charge is 0.308 e. The van der Waals surface area contributed by atoms with Crippen LogP contribution in [-0.2, 0) is 25.7 Å². The van der Waals surface area contributed by atoms with Crippen LogP contribution in [0.5, 0.6) is 11.5 Å². The van der Waals surface area contributed by atoms with Crippen molar-refractivity contribution in [2.24, 2.45) is 0 Å². The number of para-hydroxylation sites is 3. The molecule has 0 aliphatic carbocycles. The van der Waals surface area contributed by atoms with Gasteiger partial charge in [0.05, 0.1) is 19.2 Å². The van der Waals surface area contributed by atoms with Gasteiger partial charge < -0.3 is 24.4 Å². The van der Waals surface area contributed by atoms with Gasteiger partial charge in [-0.05, 0) is 25.1 Å². The predicted molar refractivity (Wildman–Crippen MR) is 109 cm³/mol. The fourth-order valence-corrected chi connectivity index (χ4v) is 3.09. The number of esters is 1. The van der Waals surface area contributed by atoms with Gasteiger partial charge in [0.1, 0.15) is 11.5 Å². The first kappa shape index (κ1) is 21.2. The van der Waals surface area contributed by atoms with Crippen LogP contribution < -0.4 is 19.7 Å². The fraction of sp³-hybridized carbons (Fsp3) is 0.318. The van der Waals surface area contributed by atoms with Crippen LogP contribution in [0.4, 0.5) is 5.69 Å². The minimum atomic E-state index is -0.958. The van der Waals surface area contributed by atoms with E-state index in [1.807, 2.05) is 24.3 Å². The molecule has 1 atom stereocenters. The Morgan fingerprint density at radius 2 is 1.90 bits per heavy atom.